The van der Waals surface area contributed by atoms with Crippen molar-refractivity contribution in [2.45, 2.75) is 11.1 Å². The molecule has 3 rings (SSSR count). The SMILES string of the molecule is COc1ccc(S(=O)(=O)Nc2ccc(Cl)c(C(F)(F)F)c2)cc1NC(=O)c1ccc(Cl)cc1Cl. The van der Waals surface area contributed by atoms with Crippen LogP contribution in [-0.2, 0) is 16.2 Å². The first-order valence-electron chi connectivity index (χ1n) is 9.16. The van der Waals surface area contributed by atoms with Crippen molar-refractivity contribution >= 4 is 62.1 Å². The van der Waals surface area contributed by atoms with E-state index in [1.165, 1.54) is 31.4 Å². The van der Waals surface area contributed by atoms with Gasteiger partial charge >= 0.3 is 6.18 Å². The molecule has 0 fully saturated rings. The van der Waals surface area contributed by atoms with Gasteiger partial charge in [-0.15, -0.1) is 0 Å². The predicted molar refractivity (Wildman–Crippen MR) is 125 cm³/mol. The fraction of sp³-hybridized carbons (Fsp3) is 0.0952. The van der Waals surface area contributed by atoms with Gasteiger partial charge in [0.25, 0.3) is 15.9 Å². The summed E-state index contributed by atoms with van der Waals surface area (Å²) < 4.78 is 72.2. The Balaban J connectivity index is 1.93. The second-order valence-electron chi connectivity index (χ2n) is 6.74. The summed E-state index contributed by atoms with van der Waals surface area (Å²) in [7, 11) is -3.06. The van der Waals surface area contributed by atoms with E-state index in [1.54, 1.807) is 0 Å². The molecule has 0 aromatic heterocycles. The van der Waals surface area contributed by atoms with Crippen molar-refractivity contribution < 1.29 is 31.1 Å². The molecule has 180 valence electrons. The van der Waals surface area contributed by atoms with Crippen molar-refractivity contribution in [2.24, 2.45) is 0 Å². The number of hydrogen-bond acceptors (Lipinski definition) is 4. The standard InChI is InChI=1S/C21H14Cl3F3N2O4S/c1-33-19-7-4-13(10-18(19)28-20(30)14-5-2-11(22)8-17(14)24)34(31,32)29-12-3-6-16(23)15(9-12)21(25,26)27/h2-10,29H,1H3,(H,28,30). The highest BCUT2D eigenvalue weighted by atomic mass is 35.5. The van der Waals surface area contributed by atoms with E-state index in [4.69, 9.17) is 39.5 Å². The maximum atomic E-state index is 13.1. The van der Waals surface area contributed by atoms with Gasteiger partial charge in [-0.3, -0.25) is 9.52 Å². The van der Waals surface area contributed by atoms with Crippen LogP contribution in [0.1, 0.15) is 15.9 Å². The third-order valence-electron chi connectivity index (χ3n) is 4.43. The number of halogens is 6. The number of methoxy groups -OCH3 is 1. The molecule has 0 aliphatic heterocycles. The molecule has 0 aliphatic rings. The zero-order chi connectivity index (χ0) is 25.3. The molecule has 0 bridgehead atoms. The number of benzene rings is 3. The zero-order valence-corrected chi connectivity index (χ0v) is 20.1. The van der Waals surface area contributed by atoms with Gasteiger partial charge in [-0.05, 0) is 54.6 Å². The first-order valence-corrected chi connectivity index (χ1v) is 11.8. The summed E-state index contributed by atoms with van der Waals surface area (Å²) in [6.45, 7) is 0. The number of nitrogens with one attached hydrogen (secondary N) is 2. The van der Waals surface area contributed by atoms with Crippen LogP contribution in [0, 0.1) is 0 Å². The molecule has 3 aromatic carbocycles. The summed E-state index contributed by atoms with van der Waals surface area (Å²) in [6, 6.07) is 10.3. The number of ether oxygens (including phenoxy) is 1. The Labute approximate surface area is 207 Å². The minimum atomic E-state index is -4.78. The molecule has 6 nitrogen and oxygen atoms in total. The van der Waals surface area contributed by atoms with Gasteiger partial charge in [0, 0.05) is 10.7 Å². The summed E-state index contributed by atoms with van der Waals surface area (Å²) in [6.07, 6.45) is -4.78. The van der Waals surface area contributed by atoms with Crippen LogP contribution < -0.4 is 14.8 Å². The molecule has 3 aromatic rings. The summed E-state index contributed by atoms with van der Waals surface area (Å²) >= 11 is 17.4. The monoisotopic (exact) mass is 552 g/mol. The maximum Gasteiger partial charge on any atom is 0.417 e. The van der Waals surface area contributed by atoms with Crippen LogP contribution in [0.3, 0.4) is 0 Å². The molecule has 34 heavy (non-hydrogen) atoms. The van der Waals surface area contributed by atoms with E-state index in [0.717, 1.165) is 24.3 Å². The smallest absolute Gasteiger partial charge is 0.417 e. The van der Waals surface area contributed by atoms with E-state index < -0.39 is 32.7 Å². The average molecular weight is 554 g/mol. The van der Waals surface area contributed by atoms with Crippen molar-refractivity contribution in [2.75, 3.05) is 17.1 Å². The van der Waals surface area contributed by atoms with Gasteiger partial charge < -0.3 is 10.1 Å². The lowest BCUT2D eigenvalue weighted by Crippen LogP contribution is -2.16. The molecule has 0 unspecified atom stereocenters. The molecule has 13 heteroatoms. The highest BCUT2D eigenvalue weighted by Crippen LogP contribution is 2.37. The second-order valence-corrected chi connectivity index (χ2v) is 9.67. The molecular weight excluding hydrogens is 540 g/mol. The van der Waals surface area contributed by atoms with Crippen LogP contribution in [0.25, 0.3) is 0 Å². The Bertz CT molecular complexity index is 1370. The van der Waals surface area contributed by atoms with E-state index >= 15 is 0 Å². The average Bonchev–Trinajstić information content (AvgIpc) is 2.74. The summed E-state index contributed by atoms with van der Waals surface area (Å²) in [5.41, 5.74) is -1.50. The summed E-state index contributed by atoms with van der Waals surface area (Å²) in [5, 5.41) is 2.30. The van der Waals surface area contributed by atoms with Crippen LogP contribution in [0.15, 0.2) is 59.5 Å². The van der Waals surface area contributed by atoms with Gasteiger partial charge in [0.05, 0.1) is 38.9 Å². The molecule has 0 spiro atoms. The number of amides is 1. The van der Waals surface area contributed by atoms with Crippen molar-refractivity contribution in [1.82, 2.24) is 0 Å². The quantitative estimate of drug-likeness (QED) is 0.355. The van der Waals surface area contributed by atoms with Crippen molar-refractivity contribution in [3.63, 3.8) is 0 Å². The Kier molecular flexibility index (Phi) is 7.56. The van der Waals surface area contributed by atoms with Crippen LogP contribution in [-0.4, -0.2) is 21.4 Å². The van der Waals surface area contributed by atoms with Crippen molar-refractivity contribution in [3.8, 4) is 5.75 Å². The van der Waals surface area contributed by atoms with E-state index in [1.807, 2.05) is 0 Å². The second kappa shape index (κ2) is 9.91. The van der Waals surface area contributed by atoms with Gasteiger partial charge in [0.2, 0.25) is 0 Å². The van der Waals surface area contributed by atoms with Gasteiger partial charge in [0.1, 0.15) is 5.75 Å². The van der Waals surface area contributed by atoms with Crippen molar-refractivity contribution in [3.05, 3.63) is 80.8 Å². The Morgan fingerprint density at radius 1 is 0.941 bits per heavy atom. The molecule has 0 heterocycles. The third kappa shape index (κ3) is 5.87. The van der Waals surface area contributed by atoms with Gasteiger partial charge in [0.15, 0.2) is 0 Å². The molecule has 0 radical (unpaired) electrons. The highest BCUT2D eigenvalue weighted by Gasteiger charge is 2.33. The maximum absolute atomic E-state index is 13.1. The molecule has 0 aliphatic carbocycles. The lowest BCUT2D eigenvalue weighted by atomic mass is 10.2. The Morgan fingerprint density at radius 2 is 1.65 bits per heavy atom. The fourth-order valence-corrected chi connectivity index (χ4v) is 4.63. The number of rotatable bonds is 6. The van der Waals surface area contributed by atoms with Crippen LogP contribution >= 0.6 is 34.8 Å². The normalized spacial score (nSPS) is 11.7. The molecular formula is C21H14Cl3F3N2O4S. The minimum absolute atomic E-state index is 0.0199. The number of carbonyl (C=O) groups is 1. The summed E-state index contributed by atoms with van der Waals surface area (Å²) in [5.74, 6) is -0.543. The van der Waals surface area contributed by atoms with Crippen LogP contribution in [0.5, 0.6) is 5.75 Å². The molecule has 0 saturated heterocycles. The summed E-state index contributed by atoms with van der Waals surface area (Å²) in [4.78, 5) is 12.3. The molecule has 2 N–H and O–H groups in total. The highest BCUT2D eigenvalue weighted by molar-refractivity contribution is 7.92. The van der Waals surface area contributed by atoms with Crippen LogP contribution in [0.2, 0.25) is 15.1 Å². The van der Waals surface area contributed by atoms with Gasteiger partial charge in [-0.2, -0.15) is 13.2 Å². The van der Waals surface area contributed by atoms with Crippen molar-refractivity contribution in [1.29, 1.82) is 0 Å². The Morgan fingerprint density at radius 3 is 2.26 bits per heavy atom. The number of hydrogen-bond donors (Lipinski definition) is 2. The van der Waals surface area contributed by atoms with Crippen LogP contribution in [0.4, 0.5) is 24.5 Å². The first-order chi connectivity index (χ1) is 15.8. The molecule has 0 atom stereocenters. The van der Waals surface area contributed by atoms with E-state index in [0.29, 0.717) is 11.1 Å². The van der Waals surface area contributed by atoms with E-state index in [9.17, 15) is 26.4 Å². The fourth-order valence-electron chi connectivity index (χ4n) is 2.84. The number of anilines is 2. The number of carbonyl (C=O) groups excluding carboxylic acids is 1. The topological polar surface area (TPSA) is 84.5 Å². The van der Waals surface area contributed by atoms with Gasteiger partial charge in [-0.25, -0.2) is 8.42 Å². The lowest BCUT2D eigenvalue weighted by Gasteiger charge is -2.15. The number of sulfonamides is 1. The van der Waals surface area contributed by atoms with Gasteiger partial charge in [-0.1, -0.05) is 34.8 Å². The largest absolute Gasteiger partial charge is 0.495 e. The molecule has 1 amide bonds. The first kappa shape index (κ1) is 26.0. The third-order valence-corrected chi connectivity index (χ3v) is 6.69. The van der Waals surface area contributed by atoms with E-state index in [2.05, 4.69) is 10.0 Å². The predicted octanol–water partition coefficient (Wildman–Crippen LogP) is 6.73. The lowest BCUT2D eigenvalue weighted by molar-refractivity contribution is -0.137. The molecule has 0 saturated carbocycles. The minimum Gasteiger partial charge on any atom is -0.495 e. The van der Waals surface area contributed by atoms with E-state index in [-0.39, 0.29) is 32.6 Å². The zero-order valence-electron chi connectivity index (χ0n) is 17.0. The number of alkyl halides is 3. The Hall–Kier alpha value is -2.66.